The number of halogens is 1. The third-order valence-electron chi connectivity index (χ3n) is 2.71. The van der Waals surface area contributed by atoms with Crippen molar-refractivity contribution in [2.45, 2.75) is 19.4 Å². The van der Waals surface area contributed by atoms with Crippen molar-refractivity contribution in [1.82, 2.24) is 5.32 Å². The Morgan fingerprint density at radius 3 is 2.76 bits per heavy atom. The minimum absolute atomic E-state index is 0.0685. The topological polar surface area (TPSA) is 90.7 Å². The summed E-state index contributed by atoms with van der Waals surface area (Å²) in [6, 6.07) is 2.58. The number of hydrogen-bond donors (Lipinski definition) is 1. The number of nitro benzene ring substituents is 1. The van der Waals surface area contributed by atoms with E-state index in [4.69, 9.17) is 9.47 Å². The summed E-state index contributed by atoms with van der Waals surface area (Å²) >= 11 is 0. The number of ether oxygens (including phenoxy) is 2. The van der Waals surface area contributed by atoms with E-state index in [9.17, 15) is 19.3 Å². The van der Waals surface area contributed by atoms with Crippen molar-refractivity contribution < 1.29 is 23.6 Å². The molecule has 1 unspecified atom stereocenters. The maximum absolute atomic E-state index is 13.6. The summed E-state index contributed by atoms with van der Waals surface area (Å²) in [7, 11) is 1.61. The van der Waals surface area contributed by atoms with Crippen LogP contribution < -0.4 is 10.1 Å². The number of nitrogens with zero attached hydrogens (tertiary/aromatic N) is 1. The molecule has 0 aliphatic heterocycles. The fourth-order valence-electron chi connectivity index (χ4n) is 1.63. The summed E-state index contributed by atoms with van der Waals surface area (Å²) in [6.45, 7) is 2.04. The first-order valence-corrected chi connectivity index (χ1v) is 6.40. The van der Waals surface area contributed by atoms with Crippen molar-refractivity contribution >= 4 is 11.7 Å². The van der Waals surface area contributed by atoms with Crippen LogP contribution in [0.3, 0.4) is 0 Å². The number of carbonyl (C=O) groups excluding carboxylic acids is 1. The van der Waals surface area contributed by atoms with Gasteiger partial charge < -0.3 is 14.8 Å². The summed E-state index contributed by atoms with van der Waals surface area (Å²) in [6.07, 6.45) is 0.283. The first-order chi connectivity index (χ1) is 9.99. The molecule has 0 saturated heterocycles. The summed E-state index contributed by atoms with van der Waals surface area (Å²) in [4.78, 5) is 21.3. The Kier molecular flexibility index (Phi) is 6.54. The van der Waals surface area contributed by atoms with Crippen LogP contribution >= 0.6 is 0 Å². The Morgan fingerprint density at radius 2 is 2.24 bits per heavy atom. The van der Waals surface area contributed by atoms with Crippen LogP contribution in [0.5, 0.6) is 5.75 Å². The van der Waals surface area contributed by atoms with Crippen molar-refractivity contribution in [2.75, 3.05) is 20.3 Å². The lowest BCUT2D eigenvalue weighted by Crippen LogP contribution is -2.36. The summed E-state index contributed by atoms with van der Waals surface area (Å²) in [5, 5.41) is 13.3. The maximum Gasteiger partial charge on any atom is 0.323 e. The lowest BCUT2D eigenvalue weighted by atomic mass is 10.2. The number of benzene rings is 1. The Balaban J connectivity index is 2.55. The molecule has 1 aromatic carbocycles. The van der Waals surface area contributed by atoms with Gasteiger partial charge in [0, 0.05) is 12.5 Å². The van der Waals surface area contributed by atoms with Crippen molar-refractivity contribution in [3.8, 4) is 5.75 Å². The highest BCUT2D eigenvalue weighted by atomic mass is 19.1. The van der Waals surface area contributed by atoms with Gasteiger partial charge in [-0.05, 0) is 20.0 Å². The average Bonchev–Trinajstić information content (AvgIpc) is 2.45. The Hall–Kier alpha value is -2.22. The molecule has 1 atom stereocenters. The number of esters is 1. The molecule has 0 fully saturated rings. The zero-order valence-electron chi connectivity index (χ0n) is 11.8. The molecular formula is C13H17FN2O5. The number of rotatable bonds is 8. The molecule has 1 aromatic rings. The standard InChI is InChI=1S/C13H17FN2O5/c1-3-20-13(17)11(15-2)6-7-21-12-5-4-9(16(18)19)8-10(12)14/h4-5,8,11,15H,3,6-7H2,1-2H3. The van der Waals surface area contributed by atoms with Gasteiger partial charge >= 0.3 is 5.97 Å². The largest absolute Gasteiger partial charge is 0.490 e. The van der Waals surface area contributed by atoms with Crippen LogP contribution in [0.15, 0.2) is 18.2 Å². The molecule has 0 aromatic heterocycles. The zero-order chi connectivity index (χ0) is 15.8. The molecule has 0 amide bonds. The molecule has 0 spiro atoms. The highest BCUT2D eigenvalue weighted by Gasteiger charge is 2.18. The van der Waals surface area contributed by atoms with E-state index >= 15 is 0 Å². The molecule has 1 N–H and O–H groups in total. The molecular weight excluding hydrogens is 283 g/mol. The van der Waals surface area contributed by atoms with Crippen LogP contribution in [0.4, 0.5) is 10.1 Å². The van der Waals surface area contributed by atoms with Crippen LogP contribution in [-0.4, -0.2) is 37.2 Å². The van der Waals surface area contributed by atoms with Gasteiger partial charge in [0.15, 0.2) is 11.6 Å². The minimum atomic E-state index is -0.818. The van der Waals surface area contributed by atoms with E-state index in [-0.39, 0.29) is 31.1 Å². The zero-order valence-corrected chi connectivity index (χ0v) is 11.8. The van der Waals surface area contributed by atoms with Gasteiger partial charge in [0.2, 0.25) is 0 Å². The first kappa shape index (κ1) is 16.8. The van der Waals surface area contributed by atoms with E-state index in [1.807, 2.05) is 0 Å². The van der Waals surface area contributed by atoms with Gasteiger partial charge in [-0.1, -0.05) is 0 Å². The lowest BCUT2D eigenvalue weighted by Gasteiger charge is -2.15. The number of non-ortho nitro benzene ring substituents is 1. The smallest absolute Gasteiger partial charge is 0.323 e. The van der Waals surface area contributed by atoms with Gasteiger partial charge in [-0.2, -0.15) is 0 Å². The van der Waals surface area contributed by atoms with Gasteiger partial charge in [0.05, 0.1) is 24.2 Å². The molecule has 0 aliphatic rings. The minimum Gasteiger partial charge on any atom is -0.490 e. The summed E-state index contributed by atoms with van der Waals surface area (Å²) < 4.78 is 23.6. The van der Waals surface area contributed by atoms with Crippen LogP contribution in [0.25, 0.3) is 0 Å². The van der Waals surface area contributed by atoms with Crippen LogP contribution in [0.2, 0.25) is 0 Å². The third kappa shape index (κ3) is 4.99. The Morgan fingerprint density at radius 1 is 1.52 bits per heavy atom. The number of nitro groups is 1. The van der Waals surface area contributed by atoms with E-state index in [1.54, 1.807) is 14.0 Å². The molecule has 0 radical (unpaired) electrons. The van der Waals surface area contributed by atoms with E-state index < -0.39 is 22.8 Å². The van der Waals surface area contributed by atoms with Gasteiger partial charge in [0.25, 0.3) is 5.69 Å². The molecule has 0 aliphatic carbocycles. The molecule has 8 heteroatoms. The van der Waals surface area contributed by atoms with Crippen molar-refractivity contribution in [3.63, 3.8) is 0 Å². The summed E-state index contributed by atoms with van der Waals surface area (Å²) in [5.41, 5.74) is -0.348. The SMILES string of the molecule is CCOC(=O)C(CCOc1ccc([N+](=O)[O-])cc1F)NC. The van der Waals surface area contributed by atoms with Crippen LogP contribution in [0, 0.1) is 15.9 Å². The van der Waals surface area contributed by atoms with Crippen molar-refractivity contribution in [3.05, 3.63) is 34.1 Å². The second-order valence-corrected chi connectivity index (χ2v) is 4.10. The second-order valence-electron chi connectivity index (χ2n) is 4.10. The number of nitrogens with one attached hydrogen (secondary N) is 1. The van der Waals surface area contributed by atoms with Crippen LogP contribution in [-0.2, 0) is 9.53 Å². The van der Waals surface area contributed by atoms with E-state index in [2.05, 4.69) is 5.32 Å². The normalized spacial score (nSPS) is 11.8. The highest BCUT2D eigenvalue weighted by Crippen LogP contribution is 2.22. The van der Waals surface area contributed by atoms with Crippen molar-refractivity contribution in [2.24, 2.45) is 0 Å². The van der Waals surface area contributed by atoms with Gasteiger partial charge in [-0.25, -0.2) is 4.39 Å². The quantitative estimate of drug-likeness (QED) is 0.446. The van der Waals surface area contributed by atoms with Crippen molar-refractivity contribution in [1.29, 1.82) is 0 Å². The molecule has 0 saturated carbocycles. The fraction of sp³-hybridized carbons (Fsp3) is 0.462. The summed E-state index contributed by atoms with van der Waals surface area (Å²) in [5.74, 6) is -1.33. The molecule has 116 valence electrons. The number of carbonyl (C=O) groups is 1. The van der Waals surface area contributed by atoms with Crippen LogP contribution in [0.1, 0.15) is 13.3 Å². The molecule has 21 heavy (non-hydrogen) atoms. The maximum atomic E-state index is 13.6. The van der Waals surface area contributed by atoms with E-state index in [1.165, 1.54) is 6.07 Å². The predicted molar refractivity (Wildman–Crippen MR) is 72.6 cm³/mol. The number of hydrogen-bond acceptors (Lipinski definition) is 6. The lowest BCUT2D eigenvalue weighted by molar-refractivity contribution is -0.385. The molecule has 1 rings (SSSR count). The van der Waals surface area contributed by atoms with E-state index in [0.29, 0.717) is 0 Å². The first-order valence-electron chi connectivity index (χ1n) is 6.40. The Bertz CT molecular complexity index is 509. The highest BCUT2D eigenvalue weighted by molar-refractivity contribution is 5.75. The van der Waals surface area contributed by atoms with E-state index in [0.717, 1.165) is 12.1 Å². The molecule has 7 nitrogen and oxygen atoms in total. The monoisotopic (exact) mass is 300 g/mol. The Labute approximate surface area is 121 Å². The number of likely N-dealkylation sites (N-methyl/N-ethyl adjacent to an activating group) is 1. The van der Waals surface area contributed by atoms with Gasteiger partial charge in [-0.3, -0.25) is 14.9 Å². The molecule has 0 bridgehead atoms. The van der Waals surface area contributed by atoms with Gasteiger partial charge in [0.1, 0.15) is 6.04 Å². The average molecular weight is 300 g/mol. The molecule has 0 heterocycles. The van der Waals surface area contributed by atoms with Gasteiger partial charge in [-0.15, -0.1) is 0 Å². The second kappa shape index (κ2) is 8.15. The fourth-order valence-corrected chi connectivity index (χ4v) is 1.63. The third-order valence-corrected chi connectivity index (χ3v) is 2.71. The predicted octanol–water partition coefficient (Wildman–Crippen LogP) is 1.65.